The van der Waals surface area contributed by atoms with Gasteiger partial charge in [-0.25, -0.2) is 0 Å². The number of halogens is 3. The average molecular weight is 432 g/mol. The third kappa shape index (κ3) is 5.10. The molecule has 5 nitrogen and oxygen atoms in total. The van der Waals surface area contributed by atoms with Gasteiger partial charge in [-0.1, -0.05) is 48.2 Å². The number of aromatic nitrogens is 3. The zero-order valence-corrected chi connectivity index (χ0v) is 16.9. The molecule has 0 fully saturated rings. The van der Waals surface area contributed by atoms with E-state index < -0.39 is 17.6 Å². The van der Waals surface area contributed by atoms with Gasteiger partial charge in [0.25, 0.3) is 0 Å². The van der Waals surface area contributed by atoms with Crippen molar-refractivity contribution in [3.8, 4) is 11.4 Å². The van der Waals surface area contributed by atoms with Crippen LogP contribution in [0.1, 0.15) is 11.1 Å². The van der Waals surface area contributed by atoms with Crippen molar-refractivity contribution in [3.05, 3.63) is 72.3 Å². The average Bonchev–Trinajstić information content (AvgIpc) is 3.09. The third-order valence-electron chi connectivity index (χ3n) is 4.22. The number of hydrogen-bond acceptors (Lipinski definition) is 4. The van der Waals surface area contributed by atoms with Gasteiger partial charge in [-0.3, -0.25) is 9.36 Å². The fourth-order valence-electron chi connectivity index (χ4n) is 2.81. The first-order valence-electron chi connectivity index (χ1n) is 8.99. The van der Waals surface area contributed by atoms with Crippen LogP contribution in [0.3, 0.4) is 0 Å². The van der Waals surface area contributed by atoms with Crippen LogP contribution >= 0.6 is 11.8 Å². The number of nitrogens with zero attached hydrogens (tertiary/aromatic N) is 3. The maximum absolute atomic E-state index is 12.8. The van der Waals surface area contributed by atoms with Gasteiger partial charge < -0.3 is 5.32 Å². The van der Waals surface area contributed by atoms with Crippen molar-refractivity contribution in [2.24, 2.45) is 0 Å². The highest BCUT2D eigenvalue weighted by molar-refractivity contribution is 7.99. The number of carbonyl (C=O) groups excluding carboxylic acids is 1. The van der Waals surface area contributed by atoms with Crippen LogP contribution in [0.5, 0.6) is 0 Å². The van der Waals surface area contributed by atoms with Gasteiger partial charge in [0.15, 0.2) is 11.0 Å². The maximum Gasteiger partial charge on any atom is 0.416 e. The van der Waals surface area contributed by atoms with Crippen LogP contribution in [0, 0.1) is 6.92 Å². The number of nitrogens with one attached hydrogen (secondary N) is 1. The van der Waals surface area contributed by atoms with Gasteiger partial charge in [-0.05, 0) is 30.7 Å². The lowest BCUT2D eigenvalue weighted by molar-refractivity contribution is -0.137. The van der Waals surface area contributed by atoms with Gasteiger partial charge in [0, 0.05) is 17.8 Å². The highest BCUT2D eigenvalue weighted by Gasteiger charge is 2.30. The number of hydrogen-bond donors (Lipinski definition) is 1. The molecule has 156 valence electrons. The normalized spacial score (nSPS) is 11.3. The van der Waals surface area contributed by atoms with Gasteiger partial charge in [-0.15, -0.1) is 16.8 Å². The van der Waals surface area contributed by atoms with Gasteiger partial charge >= 0.3 is 6.18 Å². The molecular weight excluding hydrogens is 413 g/mol. The summed E-state index contributed by atoms with van der Waals surface area (Å²) in [6, 6.07) is 12.3. The van der Waals surface area contributed by atoms with Crippen LogP contribution in [-0.4, -0.2) is 26.4 Å². The Morgan fingerprint density at radius 2 is 1.97 bits per heavy atom. The molecule has 0 unspecified atom stereocenters. The standard InChI is InChI=1S/C21H19F3N4OS/c1-3-11-28-19(17-10-5-4-7-14(17)2)26-27-20(28)30-13-18(29)25-16-9-6-8-15(12-16)21(22,23)24/h3-10,12H,1,11,13H2,2H3,(H,25,29). The Bertz CT molecular complexity index is 1060. The van der Waals surface area contributed by atoms with Gasteiger partial charge in [-0.2, -0.15) is 13.2 Å². The summed E-state index contributed by atoms with van der Waals surface area (Å²) >= 11 is 1.15. The lowest BCUT2D eigenvalue weighted by Crippen LogP contribution is -2.15. The minimum absolute atomic E-state index is 0.0285. The Kier molecular flexibility index (Phi) is 6.61. The van der Waals surface area contributed by atoms with Crippen molar-refractivity contribution in [1.29, 1.82) is 0 Å². The highest BCUT2D eigenvalue weighted by atomic mass is 32.2. The summed E-state index contributed by atoms with van der Waals surface area (Å²) < 4.78 is 40.3. The summed E-state index contributed by atoms with van der Waals surface area (Å²) in [7, 11) is 0. The molecule has 0 saturated heterocycles. The molecule has 0 saturated carbocycles. The van der Waals surface area contributed by atoms with Crippen LogP contribution in [0.4, 0.5) is 18.9 Å². The smallest absolute Gasteiger partial charge is 0.325 e. The molecule has 0 aliphatic carbocycles. The molecule has 0 aliphatic heterocycles. The first-order valence-corrected chi connectivity index (χ1v) is 9.98. The third-order valence-corrected chi connectivity index (χ3v) is 5.19. The van der Waals surface area contributed by atoms with E-state index in [0.29, 0.717) is 17.5 Å². The molecule has 9 heteroatoms. The van der Waals surface area contributed by atoms with Crippen molar-refractivity contribution >= 4 is 23.4 Å². The monoisotopic (exact) mass is 432 g/mol. The fourth-order valence-corrected chi connectivity index (χ4v) is 3.56. The molecule has 1 N–H and O–H groups in total. The van der Waals surface area contributed by atoms with Crippen molar-refractivity contribution < 1.29 is 18.0 Å². The second-order valence-corrected chi connectivity index (χ2v) is 7.38. The number of aryl methyl sites for hydroxylation is 1. The number of thioether (sulfide) groups is 1. The molecule has 0 atom stereocenters. The number of benzene rings is 2. The van der Waals surface area contributed by atoms with E-state index in [2.05, 4.69) is 22.1 Å². The molecule has 0 radical (unpaired) electrons. The topological polar surface area (TPSA) is 59.8 Å². The molecule has 3 rings (SSSR count). The zero-order chi connectivity index (χ0) is 21.7. The molecular formula is C21H19F3N4OS. The molecule has 0 spiro atoms. The van der Waals surface area contributed by atoms with Crippen molar-refractivity contribution in [3.63, 3.8) is 0 Å². The van der Waals surface area contributed by atoms with Gasteiger partial charge in [0.2, 0.25) is 5.91 Å². The van der Waals surface area contributed by atoms with Gasteiger partial charge in [0.05, 0.1) is 11.3 Å². The van der Waals surface area contributed by atoms with E-state index in [0.717, 1.165) is 35.0 Å². The van der Waals surface area contributed by atoms with E-state index in [1.807, 2.05) is 35.8 Å². The van der Waals surface area contributed by atoms with Crippen molar-refractivity contribution in [1.82, 2.24) is 14.8 Å². The summed E-state index contributed by atoms with van der Waals surface area (Å²) in [6.45, 7) is 6.18. The Labute approximate surface area is 176 Å². The van der Waals surface area contributed by atoms with E-state index in [9.17, 15) is 18.0 Å². The lowest BCUT2D eigenvalue weighted by Gasteiger charge is -2.11. The quantitative estimate of drug-likeness (QED) is 0.412. The molecule has 1 heterocycles. The number of amides is 1. The van der Waals surface area contributed by atoms with E-state index in [1.165, 1.54) is 12.1 Å². The first kappa shape index (κ1) is 21.6. The summed E-state index contributed by atoms with van der Waals surface area (Å²) in [5.74, 6) is 0.193. The van der Waals surface area contributed by atoms with Crippen LogP contribution in [0.15, 0.2) is 66.3 Å². The second kappa shape index (κ2) is 9.17. The Morgan fingerprint density at radius 3 is 2.67 bits per heavy atom. The zero-order valence-electron chi connectivity index (χ0n) is 16.1. The molecule has 2 aromatic carbocycles. The van der Waals surface area contributed by atoms with E-state index in [-0.39, 0.29) is 11.4 Å². The Morgan fingerprint density at radius 1 is 1.20 bits per heavy atom. The predicted octanol–water partition coefficient (Wildman–Crippen LogP) is 5.19. The molecule has 0 bridgehead atoms. The Balaban J connectivity index is 1.72. The summed E-state index contributed by atoms with van der Waals surface area (Å²) in [5, 5.41) is 11.4. The molecule has 1 aromatic heterocycles. The summed E-state index contributed by atoms with van der Waals surface area (Å²) in [4.78, 5) is 12.3. The van der Waals surface area contributed by atoms with Crippen molar-refractivity contribution in [2.45, 2.75) is 24.8 Å². The summed E-state index contributed by atoms with van der Waals surface area (Å²) in [6.07, 6.45) is -2.76. The molecule has 30 heavy (non-hydrogen) atoms. The second-order valence-electron chi connectivity index (χ2n) is 6.44. The SMILES string of the molecule is C=CCn1c(SCC(=O)Nc2cccc(C(F)(F)F)c2)nnc1-c1ccccc1C. The van der Waals surface area contributed by atoms with Crippen LogP contribution in [0.25, 0.3) is 11.4 Å². The molecule has 1 amide bonds. The predicted molar refractivity (Wildman–Crippen MR) is 111 cm³/mol. The van der Waals surface area contributed by atoms with E-state index in [4.69, 9.17) is 0 Å². The van der Waals surface area contributed by atoms with Crippen molar-refractivity contribution in [2.75, 3.05) is 11.1 Å². The number of carbonyl (C=O) groups is 1. The lowest BCUT2D eigenvalue weighted by atomic mass is 10.1. The van der Waals surface area contributed by atoms with Gasteiger partial charge in [0.1, 0.15) is 0 Å². The molecule has 3 aromatic rings. The van der Waals surface area contributed by atoms with Crippen LogP contribution in [-0.2, 0) is 17.5 Å². The minimum Gasteiger partial charge on any atom is -0.325 e. The van der Waals surface area contributed by atoms with E-state index in [1.54, 1.807) is 6.08 Å². The maximum atomic E-state index is 12.8. The number of alkyl halides is 3. The number of allylic oxidation sites excluding steroid dienone is 1. The van der Waals surface area contributed by atoms with Crippen LogP contribution < -0.4 is 5.32 Å². The highest BCUT2D eigenvalue weighted by Crippen LogP contribution is 2.31. The largest absolute Gasteiger partial charge is 0.416 e. The fraction of sp³-hybridized carbons (Fsp3) is 0.190. The first-order chi connectivity index (χ1) is 14.3. The van der Waals surface area contributed by atoms with E-state index >= 15 is 0 Å². The minimum atomic E-state index is -4.47. The summed E-state index contributed by atoms with van der Waals surface area (Å²) in [5.41, 5.74) is 1.23. The number of rotatable bonds is 7. The van der Waals surface area contributed by atoms with Crippen LogP contribution in [0.2, 0.25) is 0 Å². The molecule has 0 aliphatic rings. The Hall–Kier alpha value is -3.07. The number of anilines is 1.